The smallest absolute Gasteiger partial charge is 0.160 e. The van der Waals surface area contributed by atoms with Gasteiger partial charge in [-0.25, -0.2) is 0 Å². The third-order valence-electron chi connectivity index (χ3n) is 5.38. The average Bonchev–Trinajstić information content (AvgIpc) is 2.78. The van der Waals surface area contributed by atoms with Gasteiger partial charge in [0.25, 0.3) is 0 Å². The van der Waals surface area contributed by atoms with Crippen LogP contribution in [0.5, 0.6) is 11.5 Å². The van der Waals surface area contributed by atoms with E-state index in [0.717, 1.165) is 51.1 Å². The monoisotopic (exact) mass is 413 g/mol. The molecule has 0 amide bonds. The normalized spacial score (nSPS) is 11.7. The van der Waals surface area contributed by atoms with E-state index in [1.54, 1.807) is 14.2 Å². The van der Waals surface area contributed by atoms with E-state index in [9.17, 15) is 0 Å². The number of benzene rings is 3. The number of nitrogens with zero attached hydrogens (tertiary/aromatic N) is 1. The Morgan fingerprint density at radius 3 is 2.35 bits per heavy atom. The maximum atomic E-state index is 6.28. The van der Waals surface area contributed by atoms with Crippen LogP contribution in [-0.2, 0) is 6.42 Å². The maximum absolute atomic E-state index is 6.28. The Kier molecular flexibility index (Phi) is 6.08. The van der Waals surface area contributed by atoms with Gasteiger partial charge in [0.1, 0.15) is 11.3 Å². The molecule has 0 aliphatic rings. The first-order valence-corrected chi connectivity index (χ1v) is 10.4. The van der Waals surface area contributed by atoms with Crippen molar-refractivity contribution in [3.05, 3.63) is 88.8 Å². The van der Waals surface area contributed by atoms with Crippen molar-refractivity contribution >= 4 is 11.0 Å². The van der Waals surface area contributed by atoms with Crippen molar-refractivity contribution in [3.63, 3.8) is 0 Å². The number of hydrogen-bond donors (Lipinski definition) is 0. The molecular formula is C27H27NO3. The fraction of sp³-hybridized carbons (Fsp3) is 0.222. The van der Waals surface area contributed by atoms with E-state index < -0.39 is 0 Å². The van der Waals surface area contributed by atoms with Crippen LogP contribution in [-0.4, -0.2) is 20.8 Å². The minimum atomic E-state index is 0.663. The second kappa shape index (κ2) is 9.09. The lowest BCUT2D eigenvalue weighted by Crippen LogP contribution is -2.08. The van der Waals surface area contributed by atoms with Crippen LogP contribution in [0.2, 0.25) is 0 Å². The molecule has 0 N–H and O–H groups in total. The predicted molar refractivity (Wildman–Crippen MR) is 125 cm³/mol. The molecule has 4 rings (SSSR count). The van der Waals surface area contributed by atoms with Gasteiger partial charge in [-0.15, -0.1) is 0 Å². The van der Waals surface area contributed by atoms with E-state index in [4.69, 9.17) is 18.9 Å². The first-order chi connectivity index (χ1) is 15.1. The Morgan fingerprint density at radius 1 is 0.839 bits per heavy atom. The SMILES string of the molecule is COc1ccc(CCN=c2cc(-c3ccccc3)oc3cc(C)cc(C)c23)cc1OC. The molecule has 1 aromatic heterocycles. The van der Waals surface area contributed by atoms with Crippen LogP contribution < -0.4 is 14.8 Å². The third kappa shape index (κ3) is 4.48. The number of rotatable bonds is 6. The first kappa shape index (κ1) is 20.7. The van der Waals surface area contributed by atoms with Gasteiger partial charge in [-0.2, -0.15) is 0 Å². The molecule has 4 heteroatoms. The fourth-order valence-electron chi connectivity index (χ4n) is 3.89. The molecular weight excluding hydrogens is 386 g/mol. The Morgan fingerprint density at radius 2 is 1.61 bits per heavy atom. The van der Waals surface area contributed by atoms with Crippen molar-refractivity contribution < 1.29 is 13.9 Å². The molecule has 0 spiro atoms. The summed E-state index contributed by atoms with van der Waals surface area (Å²) in [5.41, 5.74) is 5.41. The highest BCUT2D eigenvalue weighted by Crippen LogP contribution is 2.28. The molecule has 0 bridgehead atoms. The highest BCUT2D eigenvalue weighted by Gasteiger charge is 2.09. The van der Waals surface area contributed by atoms with Crippen LogP contribution in [0.3, 0.4) is 0 Å². The zero-order valence-electron chi connectivity index (χ0n) is 18.4. The maximum Gasteiger partial charge on any atom is 0.160 e. The molecule has 0 unspecified atom stereocenters. The number of fused-ring (bicyclic) bond motifs is 1. The van der Waals surface area contributed by atoms with E-state index in [0.29, 0.717) is 6.54 Å². The summed E-state index contributed by atoms with van der Waals surface area (Å²) in [6, 6.07) is 22.5. The Bertz CT molecular complexity index is 1270. The van der Waals surface area contributed by atoms with Gasteiger partial charge in [0, 0.05) is 23.6 Å². The average molecular weight is 414 g/mol. The van der Waals surface area contributed by atoms with Crippen LogP contribution in [0, 0.1) is 13.8 Å². The summed E-state index contributed by atoms with van der Waals surface area (Å²) in [6.45, 7) is 4.86. The van der Waals surface area contributed by atoms with Gasteiger partial charge in [-0.1, -0.05) is 42.5 Å². The molecule has 4 nitrogen and oxygen atoms in total. The summed E-state index contributed by atoms with van der Waals surface area (Å²) in [4.78, 5) is 4.97. The molecule has 0 radical (unpaired) electrons. The molecule has 0 atom stereocenters. The molecule has 0 aliphatic carbocycles. The molecule has 1 heterocycles. The number of ether oxygens (including phenoxy) is 2. The lowest BCUT2D eigenvalue weighted by atomic mass is 10.0. The highest BCUT2D eigenvalue weighted by atomic mass is 16.5. The van der Waals surface area contributed by atoms with Crippen molar-refractivity contribution in [2.75, 3.05) is 20.8 Å². The summed E-state index contributed by atoms with van der Waals surface area (Å²) >= 11 is 0. The minimum Gasteiger partial charge on any atom is -0.493 e. The molecule has 0 saturated heterocycles. The second-order valence-corrected chi connectivity index (χ2v) is 7.64. The molecule has 0 fully saturated rings. The fourth-order valence-corrected chi connectivity index (χ4v) is 3.89. The molecule has 0 saturated carbocycles. The first-order valence-electron chi connectivity index (χ1n) is 10.4. The third-order valence-corrected chi connectivity index (χ3v) is 5.38. The van der Waals surface area contributed by atoms with Crippen molar-refractivity contribution in [2.24, 2.45) is 4.99 Å². The summed E-state index contributed by atoms with van der Waals surface area (Å²) in [6.07, 6.45) is 0.805. The standard InChI is InChI=1S/C27H27NO3/c1-18-14-19(2)27-22(17-24(31-26(27)15-18)21-8-6-5-7-9-21)28-13-12-20-10-11-23(29-3)25(16-20)30-4/h5-11,14-17H,12-13H2,1-4H3. The summed E-state index contributed by atoms with van der Waals surface area (Å²) in [5, 5.41) is 2.02. The van der Waals surface area contributed by atoms with Crippen molar-refractivity contribution in [1.82, 2.24) is 0 Å². The van der Waals surface area contributed by atoms with E-state index in [1.807, 2.05) is 30.3 Å². The Hall–Kier alpha value is -3.53. The predicted octanol–water partition coefficient (Wildman–Crippen LogP) is 5.88. The molecule has 158 valence electrons. The van der Waals surface area contributed by atoms with Crippen LogP contribution in [0.25, 0.3) is 22.3 Å². The topological polar surface area (TPSA) is 44.0 Å². The van der Waals surface area contributed by atoms with Crippen molar-refractivity contribution in [1.29, 1.82) is 0 Å². The van der Waals surface area contributed by atoms with Crippen molar-refractivity contribution in [2.45, 2.75) is 20.3 Å². The Balaban J connectivity index is 1.74. The zero-order valence-corrected chi connectivity index (χ0v) is 18.4. The van der Waals surface area contributed by atoms with E-state index in [2.05, 4.69) is 50.2 Å². The lowest BCUT2D eigenvalue weighted by molar-refractivity contribution is 0.354. The number of methoxy groups -OCH3 is 2. The highest BCUT2D eigenvalue weighted by molar-refractivity contribution is 5.82. The Labute approximate surface area is 182 Å². The van der Waals surface area contributed by atoms with Gasteiger partial charge in [0.2, 0.25) is 0 Å². The van der Waals surface area contributed by atoms with Gasteiger partial charge in [0.15, 0.2) is 11.5 Å². The van der Waals surface area contributed by atoms with E-state index in [1.165, 1.54) is 11.1 Å². The summed E-state index contributed by atoms with van der Waals surface area (Å²) in [7, 11) is 3.30. The van der Waals surface area contributed by atoms with Crippen LogP contribution in [0.4, 0.5) is 0 Å². The van der Waals surface area contributed by atoms with Crippen molar-refractivity contribution in [3.8, 4) is 22.8 Å². The number of aryl methyl sites for hydroxylation is 2. The lowest BCUT2D eigenvalue weighted by Gasteiger charge is -2.10. The molecule has 0 aliphatic heterocycles. The molecule has 3 aromatic carbocycles. The molecule has 31 heavy (non-hydrogen) atoms. The molecule has 4 aromatic rings. The van der Waals surface area contributed by atoms with Crippen LogP contribution in [0.15, 0.2) is 76.1 Å². The van der Waals surface area contributed by atoms with E-state index in [-0.39, 0.29) is 0 Å². The summed E-state index contributed by atoms with van der Waals surface area (Å²) < 4.78 is 17.0. The van der Waals surface area contributed by atoms with Gasteiger partial charge in [-0.3, -0.25) is 4.99 Å². The minimum absolute atomic E-state index is 0.663. The van der Waals surface area contributed by atoms with Gasteiger partial charge in [-0.05, 0) is 55.2 Å². The quantitative estimate of drug-likeness (QED) is 0.397. The largest absolute Gasteiger partial charge is 0.493 e. The summed E-state index contributed by atoms with van der Waals surface area (Å²) in [5.74, 6) is 2.29. The number of hydrogen-bond acceptors (Lipinski definition) is 4. The van der Waals surface area contributed by atoms with Gasteiger partial charge >= 0.3 is 0 Å². The van der Waals surface area contributed by atoms with Crippen LogP contribution in [0.1, 0.15) is 16.7 Å². The van der Waals surface area contributed by atoms with Crippen LogP contribution >= 0.6 is 0 Å². The second-order valence-electron chi connectivity index (χ2n) is 7.64. The van der Waals surface area contributed by atoms with Gasteiger partial charge < -0.3 is 13.9 Å². The van der Waals surface area contributed by atoms with E-state index >= 15 is 0 Å². The zero-order chi connectivity index (χ0) is 21.8. The van der Waals surface area contributed by atoms with Gasteiger partial charge in [0.05, 0.1) is 19.6 Å².